The van der Waals surface area contributed by atoms with Gasteiger partial charge in [-0.3, -0.25) is 4.79 Å². The summed E-state index contributed by atoms with van der Waals surface area (Å²) in [5, 5.41) is 6.98. The van der Waals surface area contributed by atoms with Crippen molar-refractivity contribution in [2.75, 3.05) is 19.3 Å². The third kappa shape index (κ3) is 4.57. The minimum Gasteiger partial charge on any atom is -0.361 e. The van der Waals surface area contributed by atoms with Crippen LogP contribution in [0.2, 0.25) is 0 Å². The van der Waals surface area contributed by atoms with Crippen LogP contribution in [-0.4, -0.2) is 49.2 Å². The second-order valence-electron chi connectivity index (χ2n) is 6.55. The summed E-state index contributed by atoms with van der Waals surface area (Å²) in [4.78, 5) is 12.3. The lowest BCUT2D eigenvalue weighted by molar-refractivity contribution is -0.122. The maximum Gasteiger partial charge on any atom is 0.220 e. The normalized spacial score (nSPS) is 22.5. The maximum atomic E-state index is 12.3. The van der Waals surface area contributed by atoms with Crippen molar-refractivity contribution < 1.29 is 17.7 Å². The first-order valence-electron chi connectivity index (χ1n) is 8.38. The number of aryl methyl sites for hydroxylation is 2. The highest BCUT2D eigenvalue weighted by atomic mass is 32.2. The van der Waals surface area contributed by atoms with E-state index in [-0.39, 0.29) is 17.9 Å². The smallest absolute Gasteiger partial charge is 0.220 e. The zero-order chi connectivity index (χ0) is 17.9. The van der Waals surface area contributed by atoms with E-state index in [4.69, 9.17) is 4.52 Å². The minimum atomic E-state index is -3.17. The van der Waals surface area contributed by atoms with Crippen molar-refractivity contribution in [3.63, 3.8) is 0 Å². The van der Waals surface area contributed by atoms with E-state index in [1.54, 1.807) is 0 Å². The summed E-state index contributed by atoms with van der Waals surface area (Å²) in [6, 6.07) is 0.0326. The number of sulfonamides is 1. The van der Waals surface area contributed by atoms with Gasteiger partial charge in [-0.15, -0.1) is 0 Å². The molecule has 1 N–H and O–H groups in total. The zero-order valence-electron chi connectivity index (χ0n) is 14.8. The van der Waals surface area contributed by atoms with Gasteiger partial charge in [0, 0.05) is 31.1 Å². The van der Waals surface area contributed by atoms with Gasteiger partial charge in [-0.05, 0) is 32.6 Å². The van der Waals surface area contributed by atoms with Crippen LogP contribution in [0.25, 0.3) is 0 Å². The Labute approximate surface area is 143 Å². The molecule has 1 saturated heterocycles. The quantitative estimate of drug-likeness (QED) is 0.831. The fourth-order valence-corrected chi connectivity index (χ4v) is 4.18. The van der Waals surface area contributed by atoms with E-state index >= 15 is 0 Å². The summed E-state index contributed by atoms with van der Waals surface area (Å²) >= 11 is 0. The van der Waals surface area contributed by atoms with E-state index in [1.807, 2.05) is 20.8 Å². The third-order valence-corrected chi connectivity index (χ3v) is 6.09. The Hall–Kier alpha value is -1.41. The number of nitrogens with zero attached hydrogens (tertiary/aromatic N) is 2. The molecule has 24 heavy (non-hydrogen) atoms. The molecule has 1 fully saturated rings. The van der Waals surface area contributed by atoms with E-state index in [2.05, 4.69) is 10.5 Å². The van der Waals surface area contributed by atoms with Gasteiger partial charge in [0.1, 0.15) is 5.76 Å². The van der Waals surface area contributed by atoms with E-state index in [1.165, 1.54) is 10.6 Å². The molecule has 0 radical (unpaired) electrons. The lowest BCUT2D eigenvalue weighted by atomic mass is 9.91. The lowest BCUT2D eigenvalue weighted by Crippen LogP contribution is -2.52. The fraction of sp³-hybridized carbons (Fsp3) is 0.750. The van der Waals surface area contributed by atoms with Gasteiger partial charge in [0.2, 0.25) is 15.9 Å². The molecule has 1 aromatic rings. The summed E-state index contributed by atoms with van der Waals surface area (Å²) in [5.41, 5.74) is 1.82. The second-order valence-corrected chi connectivity index (χ2v) is 8.54. The standard InChI is InChI=1S/C16H27N3O4S/c1-5-13-10-19(24(4,21)22)9-8-15(13)17-16(20)7-6-14-11(2)18-23-12(14)3/h13,15H,5-10H2,1-4H3,(H,17,20)/t13-,15+/m1/s1. The topological polar surface area (TPSA) is 92.5 Å². The molecular formula is C16H27N3O4S. The van der Waals surface area contributed by atoms with Crippen molar-refractivity contribution in [2.45, 2.75) is 52.5 Å². The number of carbonyl (C=O) groups is 1. The van der Waals surface area contributed by atoms with Crippen LogP contribution in [-0.2, 0) is 21.2 Å². The highest BCUT2D eigenvalue weighted by molar-refractivity contribution is 7.88. The van der Waals surface area contributed by atoms with Crippen LogP contribution in [0.4, 0.5) is 0 Å². The fourth-order valence-electron chi connectivity index (χ4n) is 3.28. The van der Waals surface area contributed by atoms with Crippen molar-refractivity contribution in [1.82, 2.24) is 14.8 Å². The SMILES string of the molecule is CC[C@@H]1CN(S(C)(=O)=O)CC[C@@H]1NC(=O)CCc1c(C)noc1C. The number of hydrogen-bond acceptors (Lipinski definition) is 5. The highest BCUT2D eigenvalue weighted by Crippen LogP contribution is 2.22. The Bertz CT molecular complexity index is 664. The molecule has 136 valence electrons. The predicted octanol–water partition coefficient (Wildman–Crippen LogP) is 1.40. The Morgan fingerprint density at radius 1 is 1.42 bits per heavy atom. The maximum absolute atomic E-state index is 12.3. The van der Waals surface area contributed by atoms with Crippen LogP contribution in [0.5, 0.6) is 0 Å². The molecule has 7 nitrogen and oxygen atoms in total. The van der Waals surface area contributed by atoms with Gasteiger partial charge in [-0.2, -0.15) is 0 Å². The van der Waals surface area contributed by atoms with Crippen molar-refractivity contribution in [3.05, 3.63) is 17.0 Å². The number of carbonyl (C=O) groups excluding carboxylic acids is 1. The Kier molecular flexibility index (Phi) is 6.03. The van der Waals surface area contributed by atoms with Gasteiger partial charge in [0.15, 0.2) is 0 Å². The van der Waals surface area contributed by atoms with Gasteiger partial charge in [0.05, 0.1) is 11.9 Å². The molecule has 0 spiro atoms. The monoisotopic (exact) mass is 357 g/mol. The predicted molar refractivity (Wildman–Crippen MR) is 91.0 cm³/mol. The van der Waals surface area contributed by atoms with Crippen LogP contribution in [0, 0.1) is 19.8 Å². The van der Waals surface area contributed by atoms with Gasteiger partial charge >= 0.3 is 0 Å². The van der Waals surface area contributed by atoms with Crippen LogP contribution in [0.1, 0.15) is 43.2 Å². The van der Waals surface area contributed by atoms with Gasteiger partial charge < -0.3 is 9.84 Å². The van der Waals surface area contributed by atoms with Gasteiger partial charge in [-0.1, -0.05) is 18.5 Å². The average molecular weight is 357 g/mol. The van der Waals surface area contributed by atoms with E-state index in [0.29, 0.717) is 32.4 Å². The van der Waals surface area contributed by atoms with Gasteiger partial charge in [0.25, 0.3) is 0 Å². The summed E-state index contributed by atoms with van der Waals surface area (Å²) in [7, 11) is -3.17. The number of hydrogen-bond donors (Lipinski definition) is 1. The van der Waals surface area contributed by atoms with E-state index in [9.17, 15) is 13.2 Å². The molecule has 0 saturated carbocycles. The molecule has 0 bridgehead atoms. The average Bonchev–Trinajstić information content (AvgIpc) is 2.83. The highest BCUT2D eigenvalue weighted by Gasteiger charge is 2.32. The van der Waals surface area contributed by atoms with Crippen molar-refractivity contribution in [2.24, 2.45) is 5.92 Å². The number of nitrogens with one attached hydrogen (secondary N) is 1. The Morgan fingerprint density at radius 2 is 2.12 bits per heavy atom. The summed E-state index contributed by atoms with van der Waals surface area (Å²) in [5.74, 6) is 0.899. The summed E-state index contributed by atoms with van der Waals surface area (Å²) < 4.78 is 30.0. The number of aromatic nitrogens is 1. The first kappa shape index (κ1) is 18.9. The molecule has 0 aliphatic carbocycles. The first-order chi connectivity index (χ1) is 11.2. The molecule has 2 atom stereocenters. The molecule has 1 aliphatic rings. The van der Waals surface area contributed by atoms with Crippen molar-refractivity contribution in [3.8, 4) is 0 Å². The van der Waals surface area contributed by atoms with Crippen LogP contribution >= 0.6 is 0 Å². The van der Waals surface area contributed by atoms with Crippen molar-refractivity contribution >= 4 is 15.9 Å². The molecule has 2 heterocycles. The molecule has 0 aromatic carbocycles. The summed E-state index contributed by atoms with van der Waals surface area (Å²) in [6.45, 7) is 6.69. The number of piperidine rings is 1. The molecule has 1 aliphatic heterocycles. The van der Waals surface area contributed by atoms with Gasteiger partial charge in [-0.25, -0.2) is 12.7 Å². The van der Waals surface area contributed by atoms with Crippen LogP contribution in [0.3, 0.4) is 0 Å². The molecule has 0 unspecified atom stereocenters. The van der Waals surface area contributed by atoms with E-state index in [0.717, 1.165) is 23.4 Å². The van der Waals surface area contributed by atoms with Crippen molar-refractivity contribution in [1.29, 1.82) is 0 Å². The molecule has 2 rings (SSSR count). The van der Waals surface area contributed by atoms with Crippen LogP contribution < -0.4 is 5.32 Å². The zero-order valence-corrected chi connectivity index (χ0v) is 15.6. The molecular weight excluding hydrogens is 330 g/mol. The largest absolute Gasteiger partial charge is 0.361 e. The number of amides is 1. The molecule has 1 aromatic heterocycles. The van der Waals surface area contributed by atoms with Crippen LogP contribution in [0.15, 0.2) is 4.52 Å². The van der Waals surface area contributed by atoms with E-state index < -0.39 is 10.0 Å². The lowest BCUT2D eigenvalue weighted by Gasteiger charge is -2.37. The second kappa shape index (κ2) is 7.65. The Balaban J connectivity index is 1.89. The third-order valence-electron chi connectivity index (χ3n) is 4.82. The molecule has 1 amide bonds. The first-order valence-corrected chi connectivity index (χ1v) is 10.2. The molecule has 8 heteroatoms. The Morgan fingerprint density at radius 3 is 2.67 bits per heavy atom. The number of rotatable bonds is 6. The minimum absolute atomic E-state index is 0.00810. The summed E-state index contributed by atoms with van der Waals surface area (Å²) in [6.07, 6.45) is 3.71.